The average Bonchev–Trinajstić information content (AvgIpc) is 3.13. The summed E-state index contributed by atoms with van der Waals surface area (Å²) in [4.78, 5) is 12.2. The Hall–Kier alpha value is -1.13. The van der Waals surface area contributed by atoms with E-state index in [0.29, 0.717) is 12.0 Å². The fraction of sp³-hybridized carbons (Fsp3) is 0.750. The maximum Gasteiger partial charge on any atom is 0.333 e. The van der Waals surface area contributed by atoms with Gasteiger partial charge in [0.05, 0.1) is 17.8 Å². The standard InChI is InChI=1S/C20H32O4/c1-7-13(2)18(22)23-16-11-14(3)15(21)12-17-20(6,24-17)10-8-9-19(16,4)5/h7,11,15-17,21H,8-10,12H2,1-6H3. The second kappa shape index (κ2) is 7.01. The lowest BCUT2D eigenvalue weighted by Gasteiger charge is -2.33. The highest BCUT2D eigenvalue weighted by Gasteiger charge is 2.52. The third-order valence-corrected chi connectivity index (χ3v) is 5.67. The van der Waals surface area contributed by atoms with Gasteiger partial charge in [0.2, 0.25) is 0 Å². The van der Waals surface area contributed by atoms with E-state index in [4.69, 9.17) is 9.47 Å². The Morgan fingerprint density at radius 3 is 2.67 bits per heavy atom. The van der Waals surface area contributed by atoms with Gasteiger partial charge < -0.3 is 14.6 Å². The summed E-state index contributed by atoms with van der Waals surface area (Å²) in [6.07, 6.45) is 6.44. The normalized spacial score (nSPS) is 36.9. The highest BCUT2D eigenvalue weighted by atomic mass is 16.6. The van der Waals surface area contributed by atoms with Crippen molar-refractivity contribution in [1.82, 2.24) is 0 Å². The van der Waals surface area contributed by atoms with Gasteiger partial charge >= 0.3 is 5.97 Å². The second-order valence-corrected chi connectivity index (χ2v) is 8.22. The fourth-order valence-corrected chi connectivity index (χ4v) is 3.33. The average molecular weight is 336 g/mol. The van der Waals surface area contributed by atoms with Crippen LogP contribution in [0, 0.1) is 5.41 Å². The van der Waals surface area contributed by atoms with Gasteiger partial charge in [-0.25, -0.2) is 4.79 Å². The van der Waals surface area contributed by atoms with Crippen LogP contribution < -0.4 is 0 Å². The van der Waals surface area contributed by atoms with Crippen LogP contribution in [0.4, 0.5) is 0 Å². The van der Waals surface area contributed by atoms with Gasteiger partial charge in [0.15, 0.2) is 0 Å². The summed E-state index contributed by atoms with van der Waals surface area (Å²) in [6.45, 7) is 11.9. The smallest absolute Gasteiger partial charge is 0.333 e. The third kappa shape index (κ3) is 4.28. The zero-order valence-corrected chi connectivity index (χ0v) is 15.9. The zero-order valence-electron chi connectivity index (χ0n) is 15.9. The minimum absolute atomic E-state index is 0.102. The summed E-state index contributed by atoms with van der Waals surface area (Å²) in [7, 11) is 0. The molecule has 2 aliphatic rings. The number of hydrogen-bond donors (Lipinski definition) is 1. The maximum atomic E-state index is 12.2. The van der Waals surface area contributed by atoms with Gasteiger partial charge in [-0.3, -0.25) is 0 Å². The molecule has 0 saturated carbocycles. The van der Waals surface area contributed by atoms with Crippen LogP contribution in [-0.2, 0) is 14.3 Å². The van der Waals surface area contributed by atoms with Gasteiger partial charge in [-0.15, -0.1) is 0 Å². The molecule has 4 heteroatoms. The number of aliphatic hydroxyl groups is 1. The van der Waals surface area contributed by atoms with Crippen LogP contribution >= 0.6 is 0 Å². The van der Waals surface area contributed by atoms with Gasteiger partial charge in [-0.1, -0.05) is 19.9 Å². The van der Waals surface area contributed by atoms with E-state index < -0.39 is 6.10 Å². The predicted molar refractivity (Wildman–Crippen MR) is 94.6 cm³/mol. The first-order valence-electron chi connectivity index (χ1n) is 8.97. The molecule has 0 amide bonds. The van der Waals surface area contributed by atoms with Crippen LogP contribution in [0.25, 0.3) is 0 Å². The van der Waals surface area contributed by atoms with Crippen LogP contribution in [0.3, 0.4) is 0 Å². The molecule has 4 atom stereocenters. The molecule has 0 spiro atoms. The van der Waals surface area contributed by atoms with E-state index >= 15 is 0 Å². The van der Waals surface area contributed by atoms with Crippen LogP contribution in [0.2, 0.25) is 0 Å². The molecule has 1 heterocycles. The Kier molecular flexibility index (Phi) is 5.61. The molecule has 0 aromatic heterocycles. The minimum Gasteiger partial charge on any atom is -0.454 e. The summed E-state index contributed by atoms with van der Waals surface area (Å²) in [6, 6.07) is 0. The Labute approximate surface area is 145 Å². The summed E-state index contributed by atoms with van der Waals surface area (Å²) in [5.41, 5.74) is 1.15. The SMILES string of the molecule is CC=C(C)C(=O)OC1C=C(C)C(O)CC2OC2(C)CCCC1(C)C. The maximum absolute atomic E-state index is 12.2. The Morgan fingerprint density at radius 2 is 2.04 bits per heavy atom. The van der Waals surface area contributed by atoms with E-state index in [1.165, 1.54) is 0 Å². The molecule has 2 rings (SSSR count). The molecular weight excluding hydrogens is 304 g/mol. The molecule has 0 radical (unpaired) electrons. The molecular formula is C20H32O4. The number of rotatable bonds is 2. The molecule has 0 bridgehead atoms. The number of epoxide rings is 1. The molecule has 0 aromatic carbocycles. The van der Waals surface area contributed by atoms with Crippen molar-refractivity contribution in [2.24, 2.45) is 5.41 Å². The number of allylic oxidation sites excluding steroid dienone is 1. The quantitative estimate of drug-likeness (QED) is 0.359. The van der Waals surface area contributed by atoms with Crippen molar-refractivity contribution in [2.75, 3.05) is 0 Å². The Morgan fingerprint density at radius 1 is 1.38 bits per heavy atom. The lowest BCUT2D eigenvalue weighted by Crippen LogP contribution is -2.33. The fourth-order valence-electron chi connectivity index (χ4n) is 3.33. The van der Waals surface area contributed by atoms with E-state index in [0.717, 1.165) is 24.8 Å². The van der Waals surface area contributed by atoms with Gasteiger partial charge in [-0.05, 0) is 58.6 Å². The summed E-state index contributed by atoms with van der Waals surface area (Å²) >= 11 is 0. The molecule has 1 fully saturated rings. The first-order chi connectivity index (χ1) is 11.1. The topological polar surface area (TPSA) is 59.1 Å². The third-order valence-electron chi connectivity index (χ3n) is 5.67. The number of esters is 1. The lowest BCUT2D eigenvalue weighted by atomic mass is 9.80. The van der Waals surface area contributed by atoms with Crippen LogP contribution in [-0.4, -0.2) is 35.0 Å². The minimum atomic E-state index is -0.560. The van der Waals surface area contributed by atoms with Crippen LogP contribution in [0.1, 0.15) is 67.2 Å². The monoisotopic (exact) mass is 336 g/mol. The summed E-state index contributed by atoms with van der Waals surface area (Å²) < 4.78 is 11.6. The molecule has 1 N–H and O–H groups in total. The predicted octanol–water partition coefficient (Wildman–Crippen LogP) is 3.93. The van der Waals surface area contributed by atoms with Crippen LogP contribution in [0.5, 0.6) is 0 Å². The number of carbonyl (C=O) groups excluding carboxylic acids is 1. The van der Waals surface area contributed by atoms with Gasteiger partial charge in [0.25, 0.3) is 0 Å². The number of ether oxygens (including phenoxy) is 2. The molecule has 4 unspecified atom stereocenters. The molecule has 1 saturated heterocycles. The van der Waals surface area contributed by atoms with E-state index in [1.54, 1.807) is 13.0 Å². The summed E-state index contributed by atoms with van der Waals surface area (Å²) in [5, 5.41) is 10.5. The Bertz CT molecular complexity index is 546. The molecule has 24 heavy (non-hydrogen) atoms. The summed E-state index contributed by atoms with van der Waals surface area (Å²) in [5.74, 6) is -0.290. The largest absolute Gasteiger partial charge is 0.454 e. The Balaban J connectivity index is 2.24. The van der Waals surface area contributed by atoms with E-state index in [2.05, 4.69) is 20.8 Å². The van der Waals surface area contributed by atoms with Gasteiger partial charge in [0.1, 0.15) is 6.10 Å². The second-order valence-electron chi connectivity index (χ2n) is 8.22. The number of fused-ring (bicyclic) bond motifs is 1. The van der Waals surface area contributed by atoms with Crippen molar-refractivity contribution in [1.29, 1.82) is 0 Å². The van der Waals surface area contributed by atoms with Crippen molar-refractivity contribution in [3.63, 3.8) is 0 Å². The van der Waals surface area contributed by atoms with E-state index in [9.17, 15) is 9.90 Å². The van der Waals surface area contributed by atoms with Crippen molar-refractivity contribution in [3.05, 3.63) is 23.3 Å². The highest BCUT2D eigenvalue weighted by Crippen LogP contribution is 2.45. The van der Waals surface area contributed by atoms with E-state index in [-0.39, 0.29) is 29.2 Å². The van der Waals surface area contributed by atoms with Crippen molar-refractivity contribution in [3.8, 4) is 0 Å². The molecule has 136 valence electrons. The molecule has 1 aliphatic heterocycles. The zero-order chi connectivity index (χ0) is 18.1. The number of hydrogen-bond acceptors (Lipinski definition) is 4. The first kappa shape index (κ1) is 19.2. The lowest BCUT2D eigenvalue weighted by molar-refractivity contribution is -0.147. The van der Waals surface area contributed by atoms with Crippen molar-refractivity contribution in [2.45, 2.75) is 91.1 Å². The molecule has 0 aromatic rings. The van der Waals surface area contributed by atoms with Crippen molar-refractivity contribution >= 4 is 5.97 Å². The first-order valence-corrected chi connectivity index (χ1v) is 8.97. The van der Waals surface area contributed by atoms with E-state index in [1.807, 2.05) is 19.9 Å². The van der Waals surface area contributed by atoms with Crippen LogP contribution in [0.15, 0.2) is 23.3 Å². The number of carbonyl (C=O) groups is 1. The van der Waals surface area contributed by atoms with Gasteiger partial charge in [0, 0.05) is 17.4 Å². The van der Waals surface area contributed by atoms with Crippen molar-refractivity contribution < 1.29 is 19.4 Å². The van der Waals surface area contributed by atoms with Gasteiger partial charge in [-0.2, -0.15) is 0 Å². The molecule has 1 aliphatic carbocycles. The molecule has 4 nitrogen and oxygen atoms in total. The highest BCUT2D eigenvalue weighted by molar-refractivity contribution is 5.87. The number of aliphatic hydroxyl groups excluding tert-OH is 1.